The fourth-order valence-corrected chi connectivity index (χ4v) is 9.15. The van der Waals surface area contributed by atoms with Gasteiger partial charge in [-0.1, -0.05) is 251 Å². The molecule has 1 rings (SSSR count). The molecule has 11 nitrogen and oxygen atoms in total. The minimum absolute atomic E-state index is 0.267. The quantitative estimate of drug-likeness (QED) is 0.0273. The maximum Gasteiger partial charge on any atom is 0.249 e. The third-order valence-electron chi connectivity index (χ3n) is 13.7. The van der Waals surface area contributed by atoms with Crippen LogP contribution in [0.15, 0.2) is 0 Å². The molecule has 1 saturated heterocycles. The first kappa shape index (κ1) is 61.1. The zero-order valence-electron chi connectivity index (χ0n) is 41.5. The van der Waals surface area contributed by atoms with Crippen molar-refractivity contribution in [3.63, 3.8) is 0 Å². The summed E-state index contributed by atoms with van der Waals surface area (Å²) in [6.07, 6.45) is 35.8. The maximum atomic E-state index is 13.1. The van der Waals surface area contributed by atoms with E-state index in [-0.39, 0.29) is 6.42 Å². The fraction of sp³-hybridized carbons (Fsp3) is 0.981. The van der Waals surface area contributed by atoms with Gasteiger partial charge in [0.15, 0.2) is 6.29 Å². The molecule has 0 spiro atoms. The maximum absolute atomic E-state index is 13.1. The van der Waals surface area contributed by atoms with Crippen LogP contribution in [0.2, 0.25) is 0 Å². The molecule has 64 heavy (non-hydrogen) atoms. The molecule has 1 amide bonds. The number of rotatable bonds is 47. The van der Waals surface area contributed by atoms with Crippen LogP contribution in [-0.4, -0.2) is 110 Å². The summed E-state index contributed by atoms with van der Waals surface area (Å²) >= 11 is 0. The second-order valence-corrected chi connectivity index (χ2v) is 19.7. The van der Waals surface area contributed by atoms with Gasteiger partial charge in [0.1, 0.15) is 36.6 Å². The lowest BCUT2D eigenvalue weighted by Crippen LogP contribution is -2.60. The summed E-state index contributed by atoms with van der Waals surface area (Å²) in [5.41, 5.74) is 0. The lowest BCUT2D eigenvalue weighted by molar-refractivity contribution is -0.303. The summed E-state index contributed by atoms with van der Waals surface area (Å²) in [6, 6.07) is -1.16. The number of amides is 1. The van der Waals surface area contributed by atoms with Gasteiger partial charge in [0.25, 0.3) is 0 Å². The van der Waals surface area contributed by atoms with E-state index in [2.05, 4.69) is 19.2 Å². The van der Waals surface area contributed by atoms with Crippen LogP contribution in [0.5, 0.6) is 0 Å². The molecule has 1 fully saturated rings. The summed E-state index contributed by atoms with van der Waals surface area (Å²) in [5, 5.41) is 76.0. The molecule has 0 aromatic heterocycles. The highest BCUT2D eigenvalue weighted by molar-refractivity contribution is 5.80. The van der Waals surface area contributed by atoms with Gasteiger partial charge in [-0.05, 0) is 12.8 Å². The van der Waals surface area contributed by atoms with Crippen molar-refractivity contribution in [3.8, 4) is 0 Å². The predicted octanol–water partition coefficient (Wildman–Crippen LogP) is 10.6. The highest BCUT2D eigenvalue weighted by Crippen LogP contribution is 2.23. The van der Waals surface area contributed by atoms with Crippen LogP contribution in [0.25, 0.3) is 0 Å². The van der Waals surface area contributed by atoms with Gasteiger partial charge in [0.2, 0.25) is 5.91 Å². The van der Waals surface area contributed by atoms with Gasteiger partial charge in [0.05, 0.1) is 25.4 Å². The number of ether oxygens (including phenoxy) is 2. The summed E-state index contributed by atoms with van der Waals surface area (Å²) < 4.78 is 11.1. The molecule has 0 aliphatic carbocycles. The Kier molecular flexibility index (Phi) is 41.4. The lowest BCUT2D eigenvalue weighted by Gasteiger charge is -2.40. The number of aliphatic hydroxyl groups excluding tert-OH is 7. The molecule has 1 heterocycles. The largest absolute Gasteiger partial charge is 0.394 e. The molecule has 0 radical (unpaired) electrons. The SMILES string of the molecule is CCCCCCCCCCCCCCCCCCCCCCCC[C@@H](O)C(=O)N[C@@H](CO[C@H]1O[C@H](CO)[C@@H](O)[C@H](O)[C@H]1O)[C@H](O)[C@H](O)CCCCCCCCCCCCCCCCC. The molecule has 8 N–H and O–H groups in total. The van der Waals surface area contributed by atoms with Crippen molar-refractivity contribution in [1.82, 2.24) is 5.32 Å². The molecule has 0 aromatic rings. The number of carbonyl (C=O) groups is 1. The monoisotopic (exact) mass is 916 g/mol. The molecule has 0 saturated carbocycles. The zero-order chi connectivity index (χ0) is 46.9. The van der Waals surface area contributed by atoms with Gasteiger partial charge < -0.3 is 50.5 Å². The first-order valence-electron chi connectivity index (χ1n) is 27.4. The second-order valence-electron chi connectivity index (χ2n) is 19.7. The van der Waals surface area contributed by atoms with Crippen molar-refractivity contribution in [1.29, 1.82) is 0 Å². The Morgan fingerprint density at radius 1 is 0.484 bits per heavy atom. The smallest absolute Gasteiger partial charge is 0.249 e. The van der Waals surface area contributed by atoms with Crippen LogP contribution in [0.4, 0.5) is 0 Å². The van der Waals surface area contributed by atoms with E-state index < -0.39 is 74.2 Å². The Morgan fingerprint density at radius 2 is 0.812 bits per heavy atom. The van der Waals surface area contributed by atoms with Gasteiger partial charge in [-0.2, -0.15) is 0 Å². The van der Waals surface area contributed by atoms with E-state index >= 15 is 0 Å². The van der Waals surface area contributed by atoms with Crippen LogP contribution in [0, 0.1) is 0 Å². The van der Waals surface area contributed by atoms with Crippen LogP contribution < -0.4 is 5.32 Å². The Morgan fingerprint density at radius 3 is 1.16 bits per heavy atom. The van der Waals surface area contributed by atoms with Crippen molar-refractivity contribution >= 4 is 5.91 Å². The standard InChI is InChI=1S/C53H105NO10/c1-3-5-7-9-11-13-15-17-19-20-21-22-23-24-25-27-29-31-33-35-37-39-41-46(57)52(62)54-44(43-63-53-51(61)50(60)49(59)47(42-55)64-53)48(58)45(56)40-38-36-34-32-30-28-26-18-16-14-12-10-8-6-4-2/h44-51,53,55-61H,3-43H2,1-2H3,(H,54,62)/t44-,45+,46+,47+,48-,49+,50-,51+,53-/m0/s1. The van der Waals surface area contributed by atoms with Crippen LogP contribution in [0.3, 0.4) is 0 Å². The molecule has 0 bridgehead atoms. The Labute approximate surface area is 392 Å². The summed E-state index contributed by atoms with van der Waals surface area (Å²) in [4.78, 5) is 13.1. The number of aliphatic hydroxyl groups is 7. The van der Waals surface area contributed by atoms with Gasteiger partial charge >= 0.3 is 0 Å². The van der Waals surface area contributed by atoms with Crippen molar-refractivity contribution in [3.05, 3.63) is 0 Å². The Bertz CT molecular complexity index is 1010. The van der Waals surface area contributed by atoms with Gasteiger partial charge in [-0.25, -0.2) is 0 Å². The van der Waals surface area contributed by atoms with Crippen molar-refractivity contribution in [2.24, 2.45) is 0 Å². The van der Waals surface area contributed by atoms with E-state index in [0.29, 0.717) is 19.3 Å². The molecule has 9 atom stereocenters. The number of unbranched alkanes of at least 4 members (excludes halogenated alkanes) is 35. The molecule has 1 aliphatic rings. The van der Waals surface area contributed by atoms with Crippen LogP contribution in [-0.2, 0) is 14.3 Å². The third kappa shape index (κ3) is 32.0. The van der Waals surface area contributed by atoms with Gasteiger partial charge in [-0.3, -0.25) is 4.79 Å². The highest BCUT2D eigenvalue weighted by atomic mass is 16.7. The topological polar surface area (TPSA) is 189 Å². The van der Waals surface area contributed by atoms with Crippen molar-refractivity contribution in [2.45, 2.75) is 319 Å². The van der Waals surface area contributed by atoms with E-state index in [0.717, 1.165) is 38.5 Å². The van der Waals surface area contributed by atoms with Crippen molar-refractivity contribution in [2.75, 3.05) is 13.2 Å². The van der Waals surface area contributed by atoms with E-state index in [9.17, 15) is 40.5 Å². The number of hydrogen-bond acceptors (Lipinski definition) is 10. The van der Waals surface area contributed by atoms with Crippen LogP contribution in [0.1, 0.15) is 264 Å². The fourth-order valence-electron chi connectivity index (χ4n) is 9.15. The highest BCUT2D eigenvalue weighted by Gasteiger charge is 2.44. The lowest BCUT2D eigenvalue weighted by atomic mass is 9.98. The van der Waals surface area contributed by atoms with E-state index in [1.807, 2.05) is 0 Å². The molecule has 1 aliphatic heterocycles. The normalized spacial score (nSPS) is 20.9. The predicted molar refractivity (Wildman–Crippen MR) is 261 cm³/mol. The summed E-state index contributed by atoms with van der Waals surface area (Å²) in [5.74, 6) is -0.691. The Hall–Kier alpha value is -0.890. The van der Waals surface area contributed by atoms with Gasteiger partial charge in [-0.15, -0.1) is 0 Å². The molecule has 11 heteroatoms. The van der Waals surface area contributed by atoms with E-state index in [1.54, 1.807) is 0 Å². The first-order valence-corrected chi connectivity index (χ1v) is 27.4. The molecular formula is C53H105NO10. The van der Waals surface area contributed by atoms with E-state index in [1.165, 1.54) is 186 Å². The van der Waals surface area contributed by atoms with Crippen molar-refractivity contribution < 1.29 is 50.0 Å². The van der Waals surface area contributed by atoms with Crippen LogP contribution >= 0.6 is 0 Å². The average molecular weight is 916 g/mol. The second kappa shape index (κ2) is 43.4. The summed E-state index contributed by atoms with van der Waals surface area (Å²) in [6.45, 7) is 3.48. The first-order chi connectivity index (χ1) is 31.2. The number of nitrogens with one attached hydrogen (secondary N) is 1. The van der Waals surface area contributed by atoms with Gasteiger partial charge in [0, 0.05) is 0 Å². The minimum atomic E-state index is -1.66. The minimum Gasteiger partial charge on any atom is -0.394 e. The Balaban J connectivity index is 2.32. The molecule has 382 valence electrons. The number of carbonyl (C=O) groups excluding carboxylic acids is 1. The molecule has 0 aromatic carbocycles. The third-order valence-corrected chi connectivity index (χ3v) is 13.7. The number of hydrogen-bond donors (Lipinski definition) is 8. The van der Waals surface area contributed by atoms with E-state index in [4.69, 9.17) is 9.47 Å². The average Bonchev–Trinajstić information content (AvgIpc) is 3.29. The zero-order valence-corrected chi connectivity index (χ0v) is 41.5. The molecule has 0 unspecified atom stereocenters. The summed E-state index contributed by atoms with van der Waals surface area (Å²) in [7, 11) is 0. The molecular weight excluding hydrogens is 811 g/mol.